The lowest BCUT2D eigenvalue weighted by Gasteiger charge is -2.27. The van der Waals surface area contributed by atoms with Gasteiger partial charge in [-0.05, 0) is 23.1 Å². The van der Waals surface area contributed by atoms with E-state index in [-0.39, 0.29) is 11.8 Å². The Kier molecular flexibility index (Phi) is 3.51. The van der Waals surface area contributed by atoms with Crippen LogP contribution >= 0.6 is 15.9 Å². The highest BCUT2D eigenvalue weighted by Crippen LogP contribution is 2.45. The van der Waals surface area contributed by atoms with E-state index in [2.05, 4.69) is 28.1 Å². The molecule has 24 heavy (non-hydrogen) atoms. The highest BCUT2D eigenvalue weighted by Gasteiger charge is 2.31. The van der Waals surface area contributed by atoms with Crippen molar-refractivity contribution >= 4 is 26.7 Å². The van der Waals surface area contributed by atoms with Gasteiger partial charge < -0.3 is 10.5 Å². The molecular weight excluding hydrogens is 364 g/mol. The summed E-state index contributed by atoms with van der Waals surface area (Å²) in [5.74, 6) is 0.668. The van der Waals surface area contributed by atoms with Crippen LogP contribution in [-0.2, 0) is 0 Å². The topological polar surface area (TPSA) is 59.0 Å². The number of ether oxygens (including phenoxy) is 1. The summed E-state index contributed by atoms with van der Waals surface area (Å²) in [5, 5.41) is 11.7. The van der Waals surface area contributed by atoms with Crippen molar-refractivity contribution in [2.45, 2.75) is 5.92 Å². The quantitative estimate of drug-likeness (QED) is 0.662. The second-order valence-electron chi connectivity index (χ2n) is 5.68. The van der Waals surface area contributed by atoms with Gasteiger partial charge in [-0.25, -0.2) is 0 Å². The Bertz CT molecular complexity index is 1030. The van der Waals surface area contributed by atoms with Gasteiger partial charge in [-0.2, -0.15) is 5.26 Å². The minimum absolute atomic E-state index is 0.173. The SMILES string of the molecule is N#CC1=C(N)Oc2c(ccc3ccccc23)C1c1cccc(Br)c1. The van der Waals surface area contributed by atoms with E-state index in [1.807, 2.05) is 54.6 Å². The fraction of sp³-hybridized carbons (Fsp3) is 0.0500. The van der Waals surface area contributed by atoms with Crippen molar-refractivity contribution in [2.24, 2.45) is 5.73 Å². The molecule has 1 aliphatic heterocycles. The molecule has 0 amide bonds. The van der Waals surface area contributed by atoms with Gasteiger partial charge >= 0.3 is 0 Å². The molecule has 1 aliphatic rings. The molecule has 1 heterocycles. The molecule has 116 valence electrons. The molecular formula is C20H13BrN2O. The van der Waals surface area contributed by atoms with Crippen molar-refractivity contribution in [3.05, 3.63) is 87.7 Å². The fourth-order valence-corrected chi connectivity index (χ4v) is 3.63. The third kappa shape index (κ3) is 2.26. The maximum absolute atomic E-state index is 9.62. The summed E-state index contributed by atoms with van der Waals surface area (Å²) >= 11 is 3.50. The molecule has 0 saturated heterocycles. The van der Waals surface area contributed by atoms with Crippen LogP contribution in [0.4, 0.5) is 0 Å². The molecule has 3 aromatic carbocycles. The first-order valence-electron chi connectivity index (χ1n) is 7.53. The summed E-state index contributed by atoms with van der Waals surface area (Å²) in [6.07, 6.45) is 0. The van der Waals surface area contributed by atoms with E-state index in [0.29, 0.717) is 5.57 Å². The van der Waals surface area contributed by atoms with Crippen molar-refractivity contribution in [1.29, 1.82) is 5.26 Å². The van der Waals surface area contributed by atoms with Gasteiger partial charge in [-0.3, -0.25) is 0 Å². The first kappa shape index (κ1) is 14.8. The maximum Gasteiger partial charge on any atom is 0.205 e. The highest BCUT2D eigenvalue weighted by molar-refractivity contribution is 9.10. The van der Waals surface area contributed by atoms with Crippen molar-refractivity contribution in [3.63, 3.8) is 0 Å². The molecule has 1 unspecified atom stereocenters. The Balaban J connectivity index is 2.02. The Morgan fingerprint density at radius 2 is 1.88 bits per heavy atom. The van der Waals surface area contributed by atoms with Crippen LogP contribution in [-0.4, -0.2) is 0 Å². The van der Waals surface area contributed by atoms with E-state index in [9.17, 15) is 5.26 Å². The van der Waals surface area contributed by atoms with Crippen LogP contribution in [0.1, 0.15) is 17.0 Å². The third-order valence-electron chi connectivity index (χ3n) is 4.29. The number of halogens is 1. The normalized spacial score (nSPS) is 16.4. The zero-order valence-electron chi connectivity index (χ0n) is 12.7. The predicted molar refractivity (Wildman–Crippen MR) is 97.4 cm³/mol. The van der Waals surface area contributed by atoms with Gasteiger partial charge in [-0.15, -0.1) is 0 Å². The number of nitrogens with two attached hydrogens (primary N) is 1. The van der Waals surface area contributed by atoms with E-state index in [4.69, 9.17) is 10.5 Å². The Morgan fingerprint density at radius 3 is 2.67 bits per heavy atom. The largest absolute Gasteiger partial charge is 0.440 e. The average Bonchev–Trinajstić information content (AvgIpc) is 2.60. The van der Waals surface area contributed by atoms with Gasteiger partial charge in [0.1, 0.15) is 17.4 Å². The van der Waals surface area contributed by atoms with Crippen LogP contribution in [0.15, 0.2) is 76.6 Å². The first-order valence-corrected chi connectivity index (χ1v) is 8.33. The molecule has 0 aliphatic carbocycles. The van der Waals surface area contributed by atoms with E-state index in [1.165, 1.54) is 0 Å². The Morgan fingerprint density at radius 1 is 1.04 bits per heavy atom. The molecule has 0 spiro atoms. The standard InChI is InChI=1S/C20H13BrN2O/c21-14-6-3-5-13(10-14)18-16-9-8-12-4-1-2-7-15(12)19(16)24-20(23)17(18)11-22/h1-10,18H,23H2. The molecule has 0 fully saturated rings. The van der Waals surface area contributed by atoms with Gasteiger partial charge in [0, 0.05) is 15.4 Å². The molecule has 0 aromatic heterocycles. The van der Waals surface area contributed by atoms with Gasteiger partial charge in [-0.1, -0.05) is 64.5 Å². The summed E-state index contributed by atoms with van der Waals surface area (Å²) in [5.41, 5.74) is 8.48. The monoisotopic (exact) mass is 376 g/mol. The number of benzene rings is 3. The highest BCUT2D eigenvalue weighted by atomic mass is 79.9. The summed E-state index contributed by atoms with van der Waals surface area (Å²) in [7, 11) is 0. The van der Waals surface area contributed by atoms with Crippen LogP contribution in [0, 0.1) is 11.3 Å². The van der Waals surface area contributed by atoms with E-state index in [1.54, 1.807) is 0 Å². The average molecular weight is 377 g/mol. The number of rotatable bonds is 1. The van der Waals surface area contributed by atoms with Crippen molar-refractivity contribution in [3.8, 4) is 11.8 Å². The number of nitriles is 1. The predicted octanol–water partition coefficient (Wildman–Crippen LogP) is 4.82. The van der Waals surface area contributed by atoms with E-state index in [0.717, 1.165) is 32.1 Å². The van der Waals surface area contributed by atoms with Crippen molar-refractivity contribution in [2.75, 3.05) is 0 Å². The first-order chi connectivity index (χ1) is 11.7. The lowest BCUT2D eigenvalue weighted by molar-refractivity contribution is 0.398. The molecule has 3 nitrogen and oxygen atoms in total. The van der Waals surface area contributed by atoms with Gasteiger partial charge in [0.2, 0.25) is 5.88 Å². The smallest absolute Gasteiger partial charge is 0.205 e. The molecule has 0 bridgehead atoms. The number of hydrogen-bond acceptors (Lipinski definition) is 3. The van der Waals surface area contributed by atoms with Crippen LogP contribution < -0.4 is 10.5 Å². The summed E-state index contributed by atoms with van der Waals surface area (Å²) in [6, 6.07) is 22.2. The lowest BCUT2D eigenvalue weighted by atomic mass is 9.82. The van der Waals surface area contributed by atoms with Crippen molar-refractivity contribution in [1.82, 2.24) is 0 Å². The molecule has 2 N–H and O–H groups in total. The molecule has 0 radical (unpaired) electrons. The second-order valence-corrected chi connectivity index (χ2v) is 6.60. The zero-order chi connectivity index (χ0) is 16.7. The number of allylic oxidation sites excluding steroid dienone is 1. The summed E-state index contributed by atoms with van der Waals surface area (Å²) in [6.45, 7) is 0. The second kappa shape index (κ2) is 5.70. The zero-order valence-corrected chi connectivity index (χ0v) is 14.2. The van der Waals surface area contributed by atoms with Crippen LogP contribution in [0.3, 0.4) is 0 Å². The van der Waals surface area contributed by atoms with Crippen molar-refractivity contribution < 1.29 is 4.74 Å². The van der Waals surface area contributed by atoms with Gasteiger partial charge in [0.15, 0.2) is 0 Å². The fourth-order valence-electron chi connectivity index (χ4n) is 3.22. The van der Waals surface area contributed by atoms with Gasteiger partial charge in [0.25, 0.3) is 0 Å². The Hall–Kier alpha value is -2.77. The van der Waals surface area contributed by atoms with Crippen LogP contribution in [0.5, 0.6) is 5.75 Å². The molecule has 3 aromatic rings. The molecule has 4 heteroatoms. The Labute approximate surface area is 148 Å². The number of hydrogen-bond donors (Lipinski definition) is 1. The number of nitrogens with zero attached hydrogens (tertiary/aromatic N) is 1. The molecule has 4 rings (SSSR count). The van der Waals surface area contributed by atoms with Crippen LogP contribution in [0.25, 0.3) is 10.8 Å². The summed E-state index contributed by atoms with van der Waals surface area (Å²) < 4.78 is 6.82. The summed E-state index contributed by atoms with van der Waals surface area (Å²) in [4.78, 5) is 0. The minimum Gasteiger partial charge on any atom is -0.440 e. The molecule has 1 atom stereocenters. The molecule has 0 saturated carbocycles. The lowest BCUT2D eigenvalue weighted by Crippen LogP contribution is -2.21. The minimum atomic E-state index is -0.235. The maximum atomic E-state index is 9.62. The van der Waals surface area contributed by atoms with Gasteiger partial charge in [0.05, 0.1) is 5.92 Å². The number of fused-ring (bicyclic) bond motifs is 3. The van der Waals surface area contributed by atoms with Crippen LogP contribution in [0.2, 0.25) is 0 Å². The van der Waals surface area contributed by atoms with E-state index < -0.39 is 0 Å². The third-order valence-corrected chi connectivity index (χ3v) is 4.78. The van der Waals surface area contributed by atoms with E-state index >= 15 is 0 Å².